The highest BCUT2D eigenvalue weighted by Gasteiger charge is 2.15. The van der Waals surface area contributed by atoms with Gasteiger partial charge in [0.2, 0.25) is 6.79 Å². The highest BCUT2D eigenvalue weighted by molar-refractivity contribution is 6.17. The van der Waals surface area contributed by atoms with Crippen LogP contribution in [-0.2, 0) is 6.54 Å². The van der Waals surface area contributed by atoms with E-state index >= 15 is 0 Å². The van der Waals surface area contributed by atoms with Gasteiger partial charge in [-0.2, -0.15) is 0 Å². The number of fused-ring (bicyclic) bond motifs is 1. The lowest BCUT2D eigenvalue weighted by Crippen LogP contribution is -2.16. The van der Waals surface area contributed by atoms with Crippen LogP contribution in [0.2, 0.25) is 0 Å². The van der Waals surface area contributed by atoms with Crippen LogP contribution in [-0.4, -0.2) is 24.7 Å². The van der Waals surface area contributed by atoms with E-state index in [1.165, 1.54) is 11.1 Å². The third kappa shape index (κ3) is 2.19. The molecule has 0 unspecified atom stereocenters. The number of hydrogen-bond acceptors (Lipinski definition) is 3. The minimum Gasteiger partial charge on any atom is -0.454 e. The Labute approximate surface area is 94.5 Å². The molecule has 0 fully saturated rings. The Hall–Kier alpha value is -0.930. The molecule has 1 aromatic carbocycles. The summed E-state index contributed by atoms with van der Waals surface area (Å²) in [4.78, 5) is 2.03. The predicted molar refractivity (Wildman–Crippen MR) is 59.5 cm³/mol. The average molecular weight is 228 g/mol. The van der Waals surface area contributed by atoms with Gasteiger partial charge in [0, 0.05) is 6.54 Å². The second-order valence-corrected chi connectivity index (χ2v) is 4.00. The van der Waals surface area contributed by atoms with Gasteiger partial charge in [-0.05, 0) is 37.2 Å². The third-order valence-corrected chi connectivity index (χ3v) is 2.88. The molecule has 1 aromatic rings. The molecule has 1 aliphatic rings. The van der Waals surface area contributed by atoms with Crippen molar-refractivity contribution in [2.45, 2.75) is 13.5 Å². The van der Waals surface area contributed by atoms with Crippen LogP contribution in [0.1, 0.15) is 11.1 Å². The summed E-state index contributed by atoms with van der Waals surface area (Å²) in [6.45, 7) is 3.22. The molecule has 0 spiro atoms. The zero-order valence-corrected chi connectivity index (χ0v) is 9.67. The first-order valence-electron chi connectivity index (χ1n) is 4.84. The highest BCUT2D eigenvalue weighted by Crippen LogP contribution is 2.34. The molecule has 0 aliphatic carbocycles. The first-order chi connectivity index (χ1) is 7.20. The second kappa shape index (κ2) is 4.29. The summed E-state index contributed by atoms with van der Waals surface area (Å²) < 4.78 is 10.6. The van der Waals surface area contributed by atoms with Gasteiger partial charge >= 0.3 is 0 Å². The Kier molecular flexibility index (Phi) is 3.03. The lowest BCUT2D eigenvalue weighted by atomic mass is 10.1. The van der Waals surface area contributed by atoms with Crippen molar-refractivity contribution >= 4 is 11.6 Å². The summed E-state index contributed by atoms with van der Waals surface area (Å²) >= 11 is 5.74. The minimum atomic E-state index is 0.323. The molecule has 0 N–H and O–H groups in total. The number of halogens is 1. The lowest BCUT2D eigenvalue weighted by Gasteiger charge is -2.14. The molecule has 0 saturated carbocycles. The Bertz CT molecular complexity index is 368. The highest BCUT2D eigenvalue weighted by atomic mass is 35.5. The smallest absolute Gasteiger partial charge is 0.231 e. The van der Waals surface area contributed by atoms with E-state index in [1.54, 1.807) is 0 Å². The lowest BCUT2D eigenvalue weighted by molar-refractivity contribution is 0.174. The van der Waals surface area contributed by atoms with Crippen molar-refractivity contribution in [2.24, 2.45) is 0 Å². The number of benzene rings is 1. The quantitative estimate of drug-likeness (QED) is 0.585. The molecule has 1 heterocycles. The number of nitrogens with zero attached hydrogens (tertiary/aromatic N) is 1. The molecule has 0 radical (unpaired) electrons. The SMILES string of the molecule is Cc1cc2c(cc1CN(C)CCl)OCO2. The maximum atomic E-state index is 5.74. The fraction of sp³-hybridized carbons (Fsp3) is 0.455. The Morgan fingerprint density at radius 3 is 2.67 bits per heavy atom. The van der Waals surface area contributed by atoms with Gasteiger partial charge in [0.25, 0.3) is 0 Å². The van der Waals surface area contributed by atoms with E-state index in [1.807, 2.05) is 24.1 Å². The predicted octanol–water partition coefficient (Wildman–Crippen LogP) is 2.35. The zero-order valence-electron chi connectivity index (χ0n) is 8.92. The summed E-state index contributed by atoms with van der Waals surface area (Å²) in [6.07, 6.45) is 0. The van der Waals surface area contributed by atoms with E-state index in [9.17, 15) is 0 Å². The normalized spacial score (nSPS) is 13.6. The van der Waals surface area contributed by atoms with Crippen LogP contribution < -0.4 is 9.47 Å². The summed E-state index contributed by atoms with van der Waals surface area (Å²) in [5.41, 5.74) is 2.43. The van der Waals surface area contributed by atoms with Gasteiger partial charge < -0.3 is 9.47 Å². The van der Waals surface area contributed by atoms with Gasteiger partial charge in [0.1, 0.15) is 0 Å². The number of alkyl halides is 1. The average Bonchev–Trinajstić information content (AvgIpc) is 2.65. The van der Waals surface area contributed by atoms with Crippen molar-refractivity contribution in [1.82, 2.24) is 4.90 Å². The first kappa shape index (κ1) is 10.6. The molecular formula is C11H14ClNO2. The van der Waals surface area contributed by atoms with Crippen molar-refractivity contribution in [3.63, 3.8) is 0 Å². The van der Waals surface area contributed by atoms with Crippen LogP contribution in [0.15, 0.2) is 12.1 Å². The summed E-state index contributed by atoms with van der Waals surface area (Å²) in [6, 6.07) is 4.56. The fourth-order valence-corrected chi connectivity index (χ4v) is 1.67. The van der Waals surface area contributed by atoms with Crippen LogP contribution in [0.25, 0.3) is 0 Å². The molecule has 0 saturated heterocycles. The summed E-state index contributed by atoms with van der Waals surface area (Å²) in [7, 11) is 1.98. The van der Waals surface area contributed by atoms with E-state index in [0.29, 0.717) is 12.8 Å². The van der Waals surface area contributed by atoms with Gasteiger partial charge in [-0.1, -0.05) is 0 Å². The van der Waals surface area contributed by atoms with Crippen molar-refractivity contribution in [1.29, 1.82) is 0 Å². The van der Waals surface area contributed by atoms with E-state index in [4.69, 9.17) is 21.1 Å². The Morgan fingerprint density at radius 2 is 2.00 bits per heavy atom. The van der Waals surface area contributed by atoms with Crippen LogP contribution in [0.4, 0.5) is 0 Å². The van der Waals surface area contributed by atoms with Gasteiger partial charge in [0.15, 0.2) is 11.5 Å². The minimum absolute atomic E-state index is 0.323. The van der Waals surface area contributed by atoms with Crippen molar-refractivity contribution in [3.05, 3.63) is 23.3 Å². The number of ether oxygens (including phenoxy) is 2. The molecule has 1 aliphatic heterocycles. The van der Waals surface area contributed by atoms with Crippen LogP contribution >= 0.6 is 11.6 Å². The summed E-state index contributed by atoms with van der Waals surface area (Å²) in [5.74, 6) is 1.67. The fourth-order valence-electron chi connectivity index (χ4n) is 1.59. The maximum Gasteiger partial charge on any atom is 0.231 e. The van der Waals surface area contributed by atoms with Gasteiger partial charge in [-0.3, -0.25) is 4.90 Å². The molecule has 0 amide bonds. The van der Waals surface area contributed by atoms with E-state index < -0.39 is 0 Å². The molecule has 4 heteroatoms. The van der Waals surface area contributed by atoms with Crippen LogP contribution in [0, 0.1) is 6.92 Å². The van der Waals surface area contributed by atoms with Crippen molar-refractivity contribution in [2.75, 3.05) is 19.8 Å². The monoisotopic (exact) mass is 227 g/mol. The number of aryl methyl sites for hydroxylation is 1. The van der Waals surface area contributed by atoms with E-state index in [2.05, 4.69) is 6.92 Å². The first-order valence-corrected chi connectivity index (χ1v) is 5.38. The molecule has 0 atom stereocenters. The number of hydrogen-bond donors (Lipinski definition) is 0. The molecule has 3 nitrogen and oxygen atoms in total. The largest absolute Gasteiger partial charge is 0.454 e. The van der Waals surface area contributed by atoms with Gasteiger partial charge in [-0.25, -0.2) is 0 Å². The second-order valence-electron chi connectivity index (χ2n) is 3.77. The molecule has 0 aromatic heterocycles. The molecule has 2 rings (SSSR count). The standard InChI is InChI=1S/C11H14ClNO2/c1-8-3-10-11(15-7-14-10)4-9(8)5-13(2)6-12/h3-4H,5-7H2,1-2H3. The molecule has 82 valence electrons. The summed E-state index contributed by atoms with van der Waals surface area (Å²) in [5, 5.41) is 0. The maximum absolute atomic E-state index is 5.74. The van der Waals surface area contributed by atoms with Crippen LogP contribution in [0.5, 0.6) is 11.5 Å². The van der Waals surface area contributed by atoms with Crippen LogP contribution in [0.3, 0.4) is 0 Å². The van der Waals surface area contributed by atoms with Gasteiger partial charge in [0.05, 0.1) is 6.00 Å². The molecule has 0 bridgehead atoms. The molecule has 15 heavy (non-hydrogen) atoms. The van der Waals surface area contributed by atoms with Crippen molar-refractivity contribution < 1.29 is 9.47 Å². The topological polar surface area (TPSA) is 21.7 Å². The Morgan fingerprint density at radius 1 is 1.33 bits per heavy atom. The Balaban J connectivity index is 2.24. The zero-order chi connectivity index (χ0) is 10.8. The van der Waals surface area contributed by atoms with E-state index in [-0.39, 0.29) is 0 Å². The van der Waals surface area contributed by atoms with Crippen molar-refractivity contribution in [3.8, 4) is 11.5 Å². The number of rotatable bonds is 3. The molecular weight excluding hydrogens is 214 g/mol. The van der Waals surface area contributed by atoms with Gasteiger partial charge in [-0.15, -0.1) is 11.6 Å². The van der Waals surface area contributed by atoms with E-state index in [0.717, 1.165) is 18.0 Å². The third-order valence-electron chi connectivity index (χ3n) is 2.48.